The topological polar surface area (TPSA) is 98.2 Å². The van der Waals surface area contributed by atoms with E-state index in [1.807, 2.05) is 0 Å². The van der Waals surface area contributed by atoms with Crippen molar-refractivity contribution in [1.82, 2.24) is 5.32 Å². The summed E-state index contributed by atoms with van der Waals surface area (Å²) in [6.45, 7) is 6.62. The number of nitrogens with one attached hydrogen (secondary N) is 1. The van der Waals surface area contributed by atoms with E-state index in [9.17, 15) is 9.59 Å². The Bertz CT molecular complexity index is 494. The van der Waals surface area contributed by atoms with Crippen molar-refractivity contribution in [3.63, 3.8) is 0 Å². The molecule has 5 nitrogen and oxygen atoms in total. The van der Waals surface area contributed by atoms with Crippen LogP contribution in [-0.4, -0.2) is 24.4 Å². The third-order valence-electron chi connectivity index (χ3n) is 7.02. The average molecular weight is 402 g/mol. The first-order valence-corrected chi connectivity index (χ1v) is 10.6. The van der Waals surface area contributed by atoms with E-state index in [0.29, 0.717) is 24.2 Å². The molecule has 0 aromatic carbocycles. The summed E-state index contributed by atoms with van der Waals surface area (Å²) < 4.78 is 0. The lowest BCUT2D eigenvalue weighted by molar-refractivity contribution is -0.139. The normalized spacial score (nSPS) is 30.4. The van der Waals surface area contributed by atoms with Crippen LogP contribution in [0.2, 0.25) is 0 Å². The molecule has 158 valence electrons. The van der Waals surface area contributed by atoms with Gasteiger partial charge in [-0.15, -0.1) is 12.4 Å². The Balaban J connectivity index is 0.00000364. The van der Waals surface area contributed by atoms with Crippen molar-refractivity contribution in [3.05, 3.63) is 0 Å². The monoisotopic (exact) mass is 401 g/mol. The molecule has 0 radical (unpaired) electrons. The van der Waals surface area contributed by atoms with Crippen molar-refractivity contribution in [2.75, 3.05) is 6.54 Å². The number of carbonyl (C=O) groups is 2. The van der Waals surface area contributed by atoms with Gasteiger partial charge in [-0.1, -0.05) is 46.5 Å². The zero-order valence-electron chi connectivity index (χ0n) is 17.3. The minimum atomic E-state index is -0.518. The molecule has 2 aliphatic rings. The summed E-state index contributed by atoms with van der Waals surface area (Å²) in [4.78, 5) is 24.9. The van der Waals surface area contributed by atoms with Crippen molar-refractivity contribution < 1.29 is 9.59 Å². The summed E-state index contributed by atoms with van der Waals surface area (Å²) in [6, 6.07) is 0.00500. The predicted molar refractivity (Wildman–Crippen MR) is 112 cm³/mol. The summed E-state index contributed by atoms with van der Waals surface area (Å²) in [5.74, 6) is 1.33. The number of rotatable bonds is 7. The zero-order valence-corrected chi connectivity index (χ0v) is 18.2. The fourth-order valence-corrected chi connectivity index (χ4v) is 5.74. The van der Waals surface area contributed by atoms with Crippen LogP contribution in [0.1, 0.15) is 78.6 Å². The SMILES string of the molecule is CC1CCC(C(C)C)C(C[C@H](NC(=O)CN)C2CCCCC2)(C(N)=O)C1.Cl. The summed E-state index contributed by atoms with van der Waals surface area (Å²) in [7, 11) is 0. The van der Waals surface area contributed by atoms with Crippen LogP contribution >= 0.6 is 12.4 Å². The molecule has 27 heavy (non-hydrogen) atoms. The van der Waals surface area contributed by atoms with Crippen molar-refractivity contribution in [1.29, 1.82) is 0 Å². The van der Waals surface area contributed by atoms with Gasteiger partial charge in [0.25, 0.3) is 0 Å². The maximum Gasteiger partial charge on any atom is 0.233 e. The molecule has 0 saturated heterocycles. The fourth-order valence-electron chi connectivity index (χ4n) is 5.74. The molecule has 0 bridgehead atoms. The lowest BCUT2D eigenvalue weighted by atomic mass is 9.56. The van der Waals surface area contributed by atoms with E-state index in [1.165, 1.54) is 19.3 Å². The van der Waals surface area contributed by atoms with Crippen LogP contribution in [0, 0.1) is 29.1 Å². The van der Waals surface area contributed by atoms with Gasteiger partial charge in [0.15, 0.2) is 0 Å². The molecular formula is C21H40ClN3O2. The molecular weight excluding hydrogens is 362 g/mol. The summed E-state index contributed by atoms with van der Waals surface area (Å²) in [6.07, 6.45) is 9.61. The maximum atomic E-state index is 12.8. The van der Waals surface area contributed by atoms with Crippen molar-refractivity contribution in [2.24, 2.45) is 40.6 Å². The largest absolute Gasteiger partial charge is 0.369 e. The van der Waals surface area contributed by atoms with Crippen LogP contribution in [-0.2, 0) is 9.59 Å². The van der Waals surface area contributed by atoms with E-state index in [-0.39, 0.29) is 42.7 Å². The van der Waals surface area contributed by atoms with E-state index in [0.717, 1.165) is 32.1 Å². The lowest BCUT2D eigenvalue weighted by Gasteiger charge is -2.49. The van der Waals surface area contributed by atoms with Crippen LogP contribution in [0.25, 0.3) is 0 Å². The molecule has 2 aliphatic carbocycles. The molecule has 2 fully saturated rings. The standard InChI is InChI=1S/C21H39N3O2.ClH/c1-14(2)17-10-9-15(3)11-21(17,20(23)26)12-18(24-19(25)13-22)16-7-5-4-6-8-16;/h14-18H,4-13,22H2,1-3H3,(H2,23,26)(H,24,25);1H/t15?,17?,18-,21?;/m0./s1. The average Bonchev–Trinajstić information content (AvgIpc) is 2.61. The number of nitrogens with two attached hydrogens (primary N) is 2. The number of halogens is 1. The van der Waals surface area contributed by atoms with Gasteiger partial charge in [-0.25, -0.2) is 0 Å². The summed E-state index contributed by atoms with van der Waals surface area (Å²) >= 11 is 0. The smallest absolute Gasteiger partial charge is 0.233 e. The van der Waals surface area contributed by atoms with Gasteiger partial charge >= 0.3 is 0 Å². The Morgan fingerprint density at radius 2 is 1.74 bits per heavy atom. The molecule has 5 N–H and O–H groups in total. The van der Waals surface area contributed by atoms with Gasteiger partial charge in [0.05, 0.1) is 12.0 Å². The Labute approximate surface area is 171 Å². The molecule has 0 spiro atoms. The Kier molecular flexibility index (Phi) is 9.56. The van der Waals surface area contributed by atoms with Gasteiger partial charge in [0, 0.05) is 6.04 Å². The molecule has 2 saturated carbocycles. The molecule has 2 rings (SSSR count). The minimum absolute atomic E-state index is 0. The van der Waals surface area contributed by atoms with Gasteiger partial charge in [-0.2, -0.15) is 0 Å². The van der Waals surface area contributed by atoms with Gasteiger partial charge in [0.1, 0.15) is 0 Å². The second-order valence-electron chi connectivity index (χ2n) is 9.24. The molecule has 4 atom stereocenters. The summed E-state index contributed by atoms with van der Waals surface area (Å²) in [5, 5.41) is 3.17. The maximum absolute atomic E-state index is 12.8. The van der Waals surface area contributed by atoms with E-state index >= 15 is 0 Å². The first kappa shape index (κ1) is 24.2. The van der Waals surface area contributed by atoms with Gasteiger partial charge < -0.3 is 16.8 Å². The van der Waals surface area contributed by atoms with E-state index < -0.39 is 5.41 Å². The van der Waals surface area contributed by atoms with Crippen LogP contribution in [0.5, 0.6) is 0 Å². The van der Waals surface area contributed by atoms with E-state index in [1.54, 1.807) is 0 Å². The highest BCUT2D eigenvalue weighted by Gasteiger charge is 2.50. The van der Waals surface area contributed by atoms with E-state index in [4.69, 9.17) is 11.5 Å². The lowest BCUT2D eigenvalue weighted by Crippen LogP contribution is -2.54. The number of hydrogen-bond donors (Lipinski definition) is 3. The highest BCUT2D eigenvalue weighted by atomic mass is 35.5. The Morgan fingerprint density at radius 3 is 2.26 bits per heavy atom. The highest BCUT2D eigenvalue weighted by molar-refractivity contribution is 5.85. The molecule has 6 heteroatoms. The molecule has 3 unspecified atom stereocenters. The Hall–Kier alpha value is -0.810. The predicted octanol–water partition coefficient (Wildman–Crippen LogP) is 3.39. The number of amides is 2. The number of hydrogen-bond acceptors (Lipinski definition) is 3. The van der Waals surface area contributed by atoms with E-state index in [2.05, 4.69) is 26.1 Å². The molecule has 0 heterocycles. The summed E-state index contributed by atoms with van der Waals surface area (Å²) in [5.41, 5.74) is 11.1. The van der Waals surface area contributed by atoms with Gasteiger partial charge in [-0.05, 0) is 55.8 Å². The zero-order chi connectivity index (χ0) is 19.3. The third kappa shape index (κ3) is 5.83. The molecule has 2 amide bonds. The number of carbonyl (C=O) groups excluding carboxylic acids is 2. The Morgan fingerprint density at radius 1 is 1.11 bits per heavy atom. The second-order valence-corrected chi connectivity index (χ2v) is 9.24. The van der Waals surface area contributed by atoms with Crippen molar-refractivity contribution >= 4 is 24.2 Å². The number of primary amides is 1. The van der Waals surface area contributed by atoms with Crippen molar-refractivity contribution in [3.8, 4) is 0 Å². The van der Waals surface area contributed by atoms with Crippen molar-refractivity contribution in [2.45, 2.75) is 84.6 Å². The van der Waals surface area contributed by atoms with Crippen LogP contribution in [0.3, 0.4) is 0 Å². The van der Waals surface area contributed by atoms with Crippen LogP contribution in [0.15, 0.2) is 0 Å². The fraction of sp³-hybridized carbons (Fsp3) is 0.905. The molecule has 0 aromatic rings. The van der Waals surface area contributed by atoms with Gasteiger partial charge in [0.2, 0.25) is 11.8 Å². The van der Waals surface area contributed by atoms with Crippen LogP contribution in [0.4, 0.5) is 0 Å². The van der Waals surface area contributed by atoms with Crippen LogP contribution < -0.4 is 16.8 Å². The first-order chi connectivity index (χ1) is 12.3. The second kappa shape index (κ2) is 10.7. The third-order valence-corrected chi connectivity index (χ3v) is 7.02. The first-order valence-electron chi connectivity index (χ1n) is 10.6. The van der Waals surface area contributed by atoms with Gasteiger partial charge in [-0.3, -0.25) is 9.59 Å². The molecule has 0 aromatic heterocycles. The highest BCUT2D eigenvalue weighted by Crippen LogP contribution is 2.51. The molecule has 0 aliphatic heterocycles. The minimum Gasteiger partial charge on any atom is -0.369 e. The quantitative estimate of drug-likeness (QED) is 0.609.